The highest BCUT2D eigenvalue weighted by Gasteiger charge is 2.22. The molecular weight excluding hydrogens is 316 g/mol. The van der Waals surface area contributed by atoms with Crippen molar-refractivity contribution in [2.24, 2.45) is 5.73 Å². The Morgan fingerprint density at radius 3 is 2.16 bits per heavy atom. The van der Waals surface area contributed by atoms with Crippen LogP contribution in [0.3, 0.4) is 0 Å². The number of amides is 1. The first-order valence-electron chi connectivity index (χ1n) is 9.87. The summed E-state index contributed by atoms with van der Waals surface area (Å²) in [6.07, 6.45) is 17.4. The molecule has 2 atom stereocenters. The third-order valence-corrected chi connectivity index (χ3v) is 4.44. The molecule has 146 valence electrons. The highest BCUT2D eigenvalue weighted by atomic mass is 16.6. The van der Waals surface area contributed by atoms with E-state index in [4.69, 9.17) is 10.5 Å². The lowest BCUT2D eigenvalue weighted by Crippen LogP contribution is -2.41. The first-order chi connectivity index (χ1) is 12.2. The summed E-state index contributed by atoms with van der Waals surface area (Å²) in [4.78, 5) is 21.7. The van der Waals surface area contributed by atoms with Gasteiger partial charge < -0.3 is 20.6 Å². The molecule has 0 aromatic rings. The van der Waals surface area contributed by atoms with Crippen molar-refractivity contribution in [1.82, 2.24) is 5.32 Å². The number of nitrogens with two attached hydrogens (primary N) is 1. The van der Waals surface area contributed by atoms with Gasteiger partial charge in [-0.25, -0.2) is 4.79 Å². The number of allylic oxidation sites excluding steroid dienone is 2. The van der Waals surface area contributed by atoms with E-state index in [9.17, 15) is 9.59 Å². The van der Waals surface area contributed by atoms with Crippen molar-refractivity contribution in [2.45, 2.75) is 96.1 Å². The van der Waals surface area contributed by atoms with E-state index in [1.54, 1.807) is 0 Å². The summed E-state index contributed by atoms with van der Waals surface area (Å²) >= 11 is 0. The molecule has 0 aliphatic rings. The molecule has 0 spiro atoms. The van der Waals surface area contributed by atoms with Crippen molar-refractivity contribution in [3.05, 3.63) is 12.2 Å². The van der Waals surface area contributed by atoms with Crippen LogP contribution in [0.25, 0.3) is 0 Å². The van der Waals surface area contributed by atoms with E-state index in [2.05, 4.69) is 24.4 Å². The van der Waals surface area contributed by atoms with Crippen LogP contribution in [0.1, 0.15) is 84.0 Å². The van der Waals surface area contributed by atoms with Crippen LogP contribution in [0, 0.1) is 0 Å². The zero-order chi connectivity index (χ0) is 18.8. The Morgan fingerprint density at radius 2 is 1.64 bits per heavy atom. The Kier molecular flexibility index (Phi) is 16.5. The topological polar surface area (TPSA) is 81.4 Å². The zero-order valence-corrected chi connectivity index (χ0v) is 16.2. The Morgan fingerprint density at radius 1 is 1.04 bits per heavy atom. The van der Waals surface area contributed by atoms with Crippen LogP contribution in [0.5, 0.6) is 0 Å². The first kappa shape index (κ1) is 23.6. The second kappa shape index (κ2) is 17.5. The van der Waals surface area contributed by atoms with Gasteiger partial charge in [0.15, 0.2) is 0 Å². The fraction of sp³-hybridized carbons (Fsp3) is 0.800. The molecule has 0 aromatic carbocycles. The predicted molar refractivity (Wildman–Crippen MR) is 104 cm³/mol. The van der Waals surface area contributed by atoms with Gasteiger partial charge in [0.05, 0.1) is 0 Å². The number of ether oxygens (including phenoxy) is 1. The van der Waals surface area contributed by atoms with Gasteiger partial charge in [-0.15, -0.1) is 0 Å². The van der Waals surface area contributed by atoms with E-state index < -0.39 is 12.2 Å². The summed E-state index contributed by atoms with van der Waals surface area (Å²) in [6, 6.07) is -0.0271. The normalized spacial score (nSPS) is 13.7. The number of hydrogen-bond acceptors (Lipinski definition) is 4. The second-order valence-corrected chi connectivity index (χ2v) is 6.59. The van der Waals surface area contributed by atoms with Crippen LogP contribution in [0.2, 0.25) is 0 Å². The molecule has 2 unspecified atom stereocenters. The molecule has 0 heterocycles. The second-order valence-electron chi connectivity index (χ2n) is 6.59. The smallest absolute Gasteiger partial charge is 0.404 e. The van der Waals surface area contributed by atoms with Gasteiger partial charge in [-0.05, 0) is 39.2 Å². The summed E-state index contributed by atoms with van der Waals surface area (Å²) in [7, 11) is 1.82. The fourth-order valence-corrected chi connectivity index (χ4v) is 2.96. The minimum Gasteiger partial charge on any atom is -0.444 e. The quantitative estimate of drug-likeness (QED) is 0.229. The maximum Gasteiger partial charge on any atom is 0.404 e. The van der Waals surface area contributed by atoms with Crippen LogP contribution in [-0.2, 0) is 9.53 Å². The molecule has 0 aliphatic carbocycles. The number of primary amides is 1. The predicted octanol–water partition coefficient (Wildman–Crippen LogP) is 4.49. The van der Waals surface area contributed by atoms with Crippen LogP contribution in [0.4, 0.5) is 4.79 Å². The maximum atomic E-state index is 10.9. The summed E-state index contributed by atoms with van der Waals surface area (Å²) in [5.74, 6) is 0. The third kappa shape index (κ3) is 14.7. The van der Waals surface area contributed by atoms with Crippen LogP contribution in [-0.4, -0.2) is 31.6 Å². The Hall–Kier alpha value is -1.36. The van der Waals surface area contributed by atoms with E-state index in [0.29, 0.717) is 0 Å². The number of carbonyl (C=O) groups is 2. The number of rotatable bonds is 17. The average Bonchev–Trinajstić information content (AvgIpc) is 2.58. The van der Waals surface area contributed by atoms with Gasteiger partial charge in [-0.1, -0.05) is 57.6 Å². The lowest BCUT2D eigenvalue weighted by molar-refractivity contribution is -0.109. The maximum absolute atomic E-state index is 10.9. The number of carbonyl (C=O) groups excluding carboxylic acids is 2. The molecule has 0 saturated carbocycles. The van der Waals surface area contributed by atoms with E-state index in [1.807, 2.05) is 7.05 Å². The summed E-state index contributed by atoms with van der Waals surface area (Å²) in [5, 5.41) is 3.13. The number of hydrogen-bond donors (Lipinski definition) is 2. The molecule has 5 heteroatoms. The van der Waals surface area contributed by atoms with E-state index in [0.717, 1.165) is 32.0 Å². The largest absolute Gasteiger partial charge is 0.444 e. The molecule has 5 nitrogen and oxygen atoms in total. The first-order valence-corrected chi connectivity index (χ1v) is 9.87. The Balaban J connectivity index is 3.74. The number of aldehydes is 1. The highest BCUT2D eigenvalue weighted by molar-refractivity contribution is 5.65. The molecule has 0 rings (SSSR count). The van der Waals surface area contributed by atoms with Crippen molar-refractivity contribution in [2.75, 3.05) is 7.05 Å². The van der Waals surface area contributed by atoms with Gasteiger partial charge in [-0.3, -0.25) is 0 Å². The van der Waals surface area contributed by atoms with Crippen LogP contribution >= 0.6 is 0 Å². The molecule has 0 fully saturated rings. The minimum atomic E-state index is -0.825. The minimum absolute atomic E-state index is 0.0271. The molecule has 0 aromatic heterocycles. The van der Waals surface area contributed by atoms with Crippen LogP contribution < -0.4 is 11.1 Å². The number of nitrogens with one attached hydrogen (secondary N) is 1. The fourth-order valence-electron chi connectivity index (χ4n) is 2.96. The van der Waals surface area contributed by atoms with Crippen LogP contribution in [0.15, 0.2) is 12.2 Å². The van der Waals surface area contributed by atoms with Crippen molar-refractivity contribution < 1.29 is 14.3 Å². The molecule has 3 N–H and O–H groups in total. The van der Waals surface area contributed by atoms with Gasteiger partial charge in [-0.2, -0.15) is 0 Å². The summed E-state index contributed by atoms with van der Waals surface area (Å²) in [5.41, 5.74) is 5.07. The van der Waals surface area contributed by atoms with E-state index in [1.165, 1.54) is 44.9 Å². The van der Waals surface area contributed by atoms with E-state index in [-0.39, 0.29) is 12.5 Å². The number of likely N-dealkylation sites (N-methyl/N-ethyl adjacent to an activating group) is 1. The van der Waals surface area contributed by atoms with E-state index >= 15 is 0 Å². The zero-order valence-electron chi connectivity index (χ0n) is 16.2. The molecule has 25 heavy (non-hydrogen) atoms. The average molecular weight is 355 g/mol. The standard InChI is InChI=1S/C20H38N2O3/c1-3-4-5-6-7-8-9-10-11-12-13-14-15-18(22-2)19(16-17-23)25-20(21)24/h8-9,17-19,22H,3-7,10-16H2,1-2H3,(H2,21,24). The Bertz CT molecular complexity index is 359. The van der Waals surface area contributed by atoms with Crippen molar-refractivity contribution in [1.29, 1.82) is 0 Å². The van der Waals surface area contributed by atoms with Gasteiger partial charge in [0.1, 0.15) is 12.4 Å². The summed E-state index contributed by atoms with van der Waals surface area (Å²) in [6.45, 7) is 2.24. The molecule has 0 saturated heterocycles. The van der Waals surface area contributed by atoms with Crippen molar-refractivity contribution >= 4 is 12.4 Å². The molecule has 0 bridgehead atoms. The molecule has 1 amide bonds. The molecular formula is C20H38N2O3. The molecule has 0 radical (unpaired) electrons. The third-order valence-electron chi connectivity index (χ3n) is 4.44. The lowest BCUT2D eigenvalue weighted by Gasteiger charge is -2.24. The highest BCUT2D eigenvalue weighted by Crippen LogP contribution is 2.13. The van der Waals surface area contributed by atoms with Gasteiger partial charge in [0, 0.05) is 12.5 Å². The van der Waals surface area contributed by atoms with Crippen molar-refractivity contribution in [3.8, 4) is 0 Å². The lowest BCUT2D eigenvalue weighted by atomic mass is 10.0. The molecule has 0 aliphatic heterocycles. The monoisotopic (exact) mass is 354 g/mol. The van der Waals surface area contributed by atoms with Gasteiger partial charge in [0.25, 0.3) is 0 Å². The SMILES string of the molecule is CCCCCCC=CCCCCCCC(NC)C(CC=O)OC(N)=O. The van der Waals surface area contributed by atoms with Gasteiger partial charge in [0.2, 0.25) is 0 Å². The Labute approximate surface area is 153 Å². The summed E-state index contributed by atoms with van der Waals surface area (Å²) < 4.78 is 5.04. The number of unbranched alkanes of at least 4 members (excludes halogenated alkanes) is 8. The van der Waals surface area contributed by atoms with Gasteiger partial charge >= 0.3 is 6.09 Å². The van der Waals surface area contributed by atoms with Crippen molar-refractivity contribution in [3.63, 3.8) is 0 Å².